The fraction of sp³-hybridized carbons (Fsp3) is 0.583. The fourth-order valence-corrected chi connectivity index (χ4v) is 2.26. The van der Waals surface area contributed by atoms with Crippen molar-refractivity contribution in [2.24, 2.45) is 11.7 Å². The van der Waals surface area contributed by atoms with Gasteiger partial charge < -0.3 is 5.73 Å². The van der Waals surface area contributed by atoms with Crippen molar-refractivity contribution >= 4 is 11.6 Å². The third-order valence-corrected chi connectivity index (χ3v) is 3.50. The molecule has 1 aromatic rings. The largest absolute Gasteiger partial charge is 0.326 e. The van der Waals surface area contributed by atoms with Gasteiger partial charge in [0.1, 0.15) is 0 Å². The van der Waals surface area contributed by atoms with Crippen LogP contribution in [-0.4, -0.2) is 29.0 Å². The van der Waals surface area contributed by atoms with E-state index in [-0.39, 0.29) is 6.04 Å². The number of likely N-dealkylation sites (tertiary alicyclic amines) is 1. The number of rotatable bonds is 2. The number of nitrogens with two attached hydrogens (primary N) is 1. The Balaban J connectivity index is 1.95. The summed E-state index contributed by atoms with van der Waals surface area (Å²) in [5, 5.41) is 0.750. The molecule has 0 radical (unpaired) electrons. The van der Waals surface area contributed by atoms with Crippen molar-refractivity contribution < 1.29 is 0 Å². The van der Waals surface area contributed by atoms with E-state index in [1.165, 1.54) is 6.42 Å². The first-order chi connectivity index (χ1) is 7.65. The van der Waals surface area contributed by atoms with Crippen LogP contribution in [0.2, 0.25) is 5.02 Å². The smallest absolute Gasteiger partial charge is 0.0558 e. The van der Waals surface area contributed by atoms with Gasteiger partial charge in [-0.05, 0) is 31.0 Å². The quantitative estimate of drug-likeness (QED) is 0.857. The molecule has 0 aliphatic carbocycles. The van der Waals surface area contributed by atoms with Crippen LogP contribution in [0.4, 0.5) is 0 Å². The van der Waals surface area contributed by atoms with E-state index in [1.54, 1.807) is 12.3 Å². The second-order valence-corrected chi connectivity index (χ2v) is 5.07. The standard InChI is InChI=1S/C12H18ClN3/c1-9-3-5-16(8-12(9)14)7-11-6-10(13)2-4-15-11/h2,4,6,9,12H,3,5,7-8,14H2,1H3. The van der Waals surface area contributed by atoms with Crippen LogP contribution in [0.25, 0.3) is 0 Å². The van der Waals surface area contributed by atoms with Gasteiger partial charge in [-0.15, -0.1) is 0 Å². The molecule has 1 saturated heterocycles. The summed E-state index contributed by atoms with van der Waals surface area (Å²) in [5.74, 6) is 0.628. The van der Waals surface area contributed by atoms with E-state index >= 15 is 0 Å². The predicted molar refractivity (Wildman–Crippen MR) is 66.3 cm³/mol. The van der Waals surface area contributed by atoms with Gasteiger partial charge in [0.2, 0.25) is 0 Å². The topological polar surface area (TPSA) is 42.2 Å². The van der Waals surface area contributed by atoms with E-state index in [2.05, 4.69) is 16.8 Å². The van der Waals surface area contributed by atoms with E-state index < -0.39 is 0 Å². The molecular weight excluding hydrogens is 222 g/mol. The molecule has 2 unspecified atom stereocenters. The number of aromatic nitrogens is 1. The molecule has 0 amide bonds. The maximum Gasteiger partial charge on any atom is 0.0558 e. The summed E-state index contributed by atoms with van der Waals surface area (Å²) < 4.78 is 0. The molecule has 0 aromatic carbocycles. The van der Waals surface area contributed by atoms with Crippen molar-refractivity contribution in [3.8, 4) is 0 Å². The molecule has 16 heavy (non-hydrogen) atoms. The highest BCUT2D eigenvalue weighted by Crippen LogP contribution is 2.17. The number of pyridine rings is 1. The Morgan fingerprint density at radius 1 is 1.62 bits per heavy atom. The molecule has 3 nitrogen and oxygen atoms in total. The molecule has 2 atom stereocenters. The second-order valence-electron chi connectivity index (χ2n) is 4.63. The molecule has 0 bridgehead atoms. The van der Waals surface area contributed by atoms with Gasteiger partial charge in [-0.25, -0.2) is 0 Å². The van der Waals surface area contributed by atoms with Crippen molar-refractivity contribution in [1.82, 2.24) is 9.88 Å². The lowest BCUT2D eigenvalue weighted by molar-refractivity contribution is 0.160. The molecule has 2 heterocycles. The van der Waals surface area contributed by atoms with E-state index in [9.17, 15) is 0 Å². The molecular formula is C12H18ClN3. The predicted octanol–water partition coefficient (Wildman–Crippen LogP) is 1.90. The molecule has 1 aliphatic heterocycles. The molecule has 1 fully saturated rings. The molecule has 0 spiro atoms. The molecule has 1 aromatic heterocycles. The summed E-state index contributed by atoms with van der Waals surface area (Å²) in [6.07, 6.45) is 2.92. The van der Waals surface area contributed by atoms with Crippen LogP contribution in [0, 0.1) is 5.92 Å². The van der Waals surface area contributed by atoms with Gasteiger partial charge in [-0.3, -0.25) is 9.88 Å². The van der Waals surface area contributed by atoms with Gasteiger partial charge in [-0.1, -0.05) is 18.5 Å². The second kappa shape index (κ2) is 5.13. The van der Waals surface area contributed by atoms with Gasteiger partial charge in [-0.2, -0.15) is 0 Å². The van der Waals surface area contributed by atoms with Gasteiger partial charge in [0, 0.05) is 30.4 Å². The van der Waals surface area contributed by atoms with Crippen LogP contribution in [0.15, 0.2) is 18.3 Å². The average molecular weight is 240 g/mol. The average Bonchev–Trinajstić information content (AvgIpc) is 2.24. The molecule has 1 aliphatic rings. The van der Waals surface area contributed by atoms with Crippen LogP contribution in [0.5, 0.6) is 0 Å². The zero-order valence-electron chi connectivity index (χ0n) is 9.56. The first-order valence-corrected chi connectivity index (χ1v) is 6.11. The van der Waals surface area contributed by atoms with E-state index in [0.717, 1.165) is 30.4 Å². The molecule has 0 saturated carbocycles. The van der Waals surface area contributed by atoms with Gasteiger partial charge in [0.05, 0.1) is 5.69 Å². The highest BCUT2D eigenvalue weighted by Gasteiger charge is 2.23. The highest BCUT2D eigenvalue weighted by molar-refractivity contribution is 6.30. The Morgan fingerprint density at radius 2 is 2.44 bits per heavy atom. The third-order valence-electron chi connectivity index (χ3n) is 3.26. The molecule has 4 heteroatoms. The Hall–Kier alpha value is -0.640. The van der Waals surface area contributed by atoms with Crippen molar-refractivity contribution in [3.63, 3.8) is 0 Å². The van der Waals surface area contributed by atoms with Crippen LogP contribution in [0.1, 0.15) is 19.0 Å². The Labute approximate surface area is 102 Å². The van der Waals surface area contributed by atoms with Crippen molar-refractivity contribution in [2.75, 3.05) is 13.1 Å². The van der Waals surface area contributed by atoms with E-state index in [1.807, 2.05) is 6.07 Å². The van der Waals surface area contributed by atoms with Crippen molar-refractivity contribution in [3.05, 3.63) is 29.0 Å². The maximum atomic E-state index is 6.06. The monoisotopic (exact) mass is 239 g/mol. The third kappa shape index (κ3) is 2.94. The van der Waals surface area contributed by atoms with E-state index in [4.69, 9.17) is 17.3 Å². The zero-order valence-corrected chi connectivity index (χ0v) is 10.3. The normalized spacial score (nSPS) is 26.9. The molecule has 2 rings (SSSR count). The first kappa shape index (κ1) is 11.8. The summed E-state index contributed by atoms with van der Waals surface area (Å²) >= 11 is 5.93. The minimum atomic E-state index is 0.285. The number of hydrogen-bond acceptors (Lipinski definition) is 3. The van der Waals surface area contributed by atoms with Crippen LogP contribution in [0.3, 0.4) is 0 Å². The summed E-state index contributed by atoms with van der Waals surface area (Å²) in [7, 11) is 0. The van der Waals surface area contributed by atoms with E-state index in [0.29, 0.717) is 5.92 Å². The maximum absolute atomic E-state index is 6.06. The first-order valence-electron chi connectivity index (χ1n) is 5.73. The summed E-state index contributed by atoms with van der Waals surface area (Å²) in [5.41, 5.74) is 7.09. The number of hydrogen-bond donors (Lipinski definition) is 1. The van der Waals surface area contributed by atoms with Gasteiger partial charge in [0.15, 0.2) is 0 Å². The Bertz CT molecular complexity index is 356. The number of halogens is 1. The Morgan fingerprint density at radius 3 is 3.12 bits per heavy atom. The SMILES string of the molecule is CC1CCN(Cc2cc(Cl)ccn2)CC1N. The highest BCUT2D eigenvalue weighted by atomic mass is 35.5. The summed E-state index contributed by atoms with van der Waals surface area (Å²) in [6, 6.07) is 4.01. The summed E-state index contributed by atoms with van der Waals surface area (Å²) in [6.45, 7) is 5.12. The number of nitrogens with zero attached hydrogens (tertiary/aromatic N) is 2. The van der Waals surface area contributed by atoms with Gasteiger partial charge >= 0.3 is 0 Å². The zero-order chi connectivity index (χ0) is 11.5. The Kier molecular flexibility index (Phi) is 3.79. The molecule has 88 valence electrons. The van der Waals surface area contributed by atoms with Crippen LogP contribution < -0.4 is 5.73 Å². The van der Waals surface area contributed by atoms with Crippen LogP contribution >= 0.6 is 11.6 Å². The van der Waals surface area contributed by atoms with Crippen LogP contribution in [-0.2, 0) is 6.54 Å². The molecule has 2 N–H and O–H groups in total. The number of piperidine rings is 1. The fourth-order valence-electron chi connectivity index (χ4n) is 2.08. The van der Waals surface area contributed by atoms with Crippen molar-refractivity contribution in [2.45, 2.75) is 25.9 Å². The lowest BCUT2D eigenvalue weighted by Gasteiger charge is -2.34. The van der Waals surface area contributed by atoms with Crippen molar-refractivity contribution in [1.29, 1.82) is 0 Å². The minimum Gasteiger partial charge on any atom is -0.326 e. The lowest BCUT2D eigenvalue weighted by Crippen LogP contribution is -2.47. The summed E-state index contributed by atoms with van der Waals surface area (Å²) in [4.78, 5) is 6.66. The lowest BCUT2D eigenvalue weighted by atomic mass is 9.94. The minimum absolute atomic E-state index is 0.285. The van der Waals surface area contributed by atoms with Gasteiger partial charge in [0.25, 0.3) is 0 Å².